The average molecular weight is 245 g/mol. The van der Waals surface area contributed by atoms with Crippen LogP contribution in [0.1, 0.15) is 37.4 Å². The Morgan fingerprint density at radius 3 is 3.00 bits per heavy atom. The normalized spacial score (nSPS) is 17.4. The molecule has 0 amide bonds. The first-order chi connectivity index (χ1) is 7.40. The SMILES string of the molecule is ClCCSCc1ccn(C2CCCC2)n1. The van der Waals surface area contributed by atoms with E-state index in [9.17, 15) is 0 Å². The lowest BCUT2D eigenvalue weighted by atomic mass is 10.3. The maximum absolute atomic E-state index is 5.63. The highest BCUT2D eigenvalue weighted by atomic mass is 35.5. The van der Waals surface area contributed by atoms with Gasteiger partial charge in [0.1, 0.15) is 0 Å². The van der Waals surface area contributed by atoms with E-state index in [1.807, 2.05) is 11.8 Å². The van der Waals surface area contributed by atoms with Crippen molar-refractivity contribution in [2.45, 2.75) is 37.5 Å². The molecule has 0 aromatic carbocycles. The van der Waals surface area contributed by atoms with Crippen LogP contribution in [0, 0.1) is 0 Å². The van der Waals surface area contributed by atoms with Crippen LogP contribution in [0.5, 0.6) is 0 Å². The van der Waals surface area contributed by atoms with Crippen molar-refractivity contribution < 1.29 is 0 Å². The molecule has 1 fully saturated rings. The number of thioether (sulfide) groups is 1. The first-order valence-corrected chi connectivity index (χ1v) is 7.27. The van der Waals surface area contributed by atoms with E-state index in [4.69, 9.17) is 11.6 Å². The van der Waals surface area contributed by atoms with Crippen LogP contribution in [0.15, 0.2) is 12.3 Å². The fourth-order valence-corrected chi connectivity index (χ4v) is 3.00. The fourth-order valence-electron chi connectivity index (χ4n) is 2.06. The predicted octanol–water partition coefficient (Wildman–Crippen LogP) is 3.47. The van der Waals surface area contributed by atoms with Crippen molar-refractivity contribution in [2.24, 2.45) is 0 Å². The summed E-state index contributed by atoms with van der Waals surface area (Å²) in [5.41, 5.74) is 1.19. The van der Waals surface area contributed by atoms with Gasteiger partial charge < -0.3 is 0 Å². The molecule has 0 bridgehead atoms. The van der Waals surface area contributed by atoms with Gasteiger partial charge in [-0.2, -0.15) is 16.9 Å². The maximum atomic E-state index is 5.63. The smallest absolute Gasteiger partial charge is 0.0723 e. The molecule has 84 valence electrons. The minimum absolute atomic E-state index is 0.664. The second-order valence-corrected chi connectivity index (χ2v) is 5.45. The highest BCUT2D eigenvalue weighted by molar-refractivity contribution is 7.98. The Morgan fingerprint density at radius 2 is 2.27 bits per heavy atom. The van der Waals surface area contributed by atoms with Crippen LogP contribution in [-0.2, 0) is 5.75 Å². The predicted molar refractivity (Wildman–Crippen MR) is 66.6 cm³/mol. The van der Waals surface area contributed by atoms with Crippen LogP contribution in [0.3, 0.4) is 0 Å². The van der Waals surface area contributed by atoms with Crippen LogP contribution in [-0.4, -0.2) is 21.4 Å². The minimum atomic E-state index is 0.664. The van der Waals surface area contributed by atoms with E-state index >= 15 is 0 Å². The topological polar surface area (TPSA) is 17.8 Å². The van der Waals surface area contributed by atoms with Gasteiger partial charge in [-0.25, -0.2) is 0 Å². The fraction of sp³-hybridized carbons (Fsp3) is 0.727. The van der Waals surface area contributed by atoms with Crippen LogP contribution < -0.4 is 0 Å². The molecule has 0 atom stereocenters. The third-order valence-electron chi connectivity index (χ3n) is 2.83. The number of rotatable bonds is 5. The summed E-state index contributed by atoms with van der Waals surface area (Å²) in [6.07, 6.45) is 7.46. The standard InChI is InChI=1S/C11H17ClN2S/c12-6-8-15-9-10-5-7-14(13-10)11-3-1-2-4-11/h5,7,11H,1-4,6,8-9H2. The Balaban J connectivity index is 1.86. The monoisotopic (exact) mass is 244 g/mol. The van der Waals surface area contributed by atoms with Gasteiger partial charge in [0.15, 0.2) is 0 Å². The molecule has 1 aliphatic rings. The van der Waals surface area contributed by atoms with Crippen LogP contribution in [0.4, 0.5) is 0 Å². The van der Waals surface area contributed by atoms with Crippen molar-refractivity contribution in [3.8, 4) is 0 Å². The van der Waals surface area contributed by atoms with Gasteiger partial charge in [-0.1, -0.05) is 12.8 Å². The molecule has 2 nitrogen and oxygen atoms in total. The average Bonchev–Trinajstić information content (AvgIpc) is 2.87. The first-order valence-electron chi connectivity index (χ1n) is 5.58. The number of alkyl halides is 1. The number of hydrogen-bond donors (Lipinski definition) is 0. The zero-order chi connectivity index (χ0) is 10.5. The van der Waals surface area contributed by atoms with Crippen molar-refractivity contribution in [3.05, 3.63) is 18.0 Å². The summed E-state index contributed by atoms with van der Waals surface area (Å²) in [6.45, 7) is 0. The zero-order valence-corrected chi connectivity index (χ0v) is 10.4. The summed E-state index contributed by atoms with van der Waals surface area (Å²) >= 11 is 7.48. The second-order valence-electron chi connectivity index (χ2n) is 3.97. The molecule has 15 heavy (non-hydrogen) atoms. The molecule has 2 rings (SSSR count). The molecular weight excluding hydrogens is 228 g/mol. The highest BCUT2D eigenvalue weighted by Crippen LogP contribution is 2.28. The highest BCUT2D eigenvalue weighted by Gasteiger charge is 2.17. The van der Waals surface area contributed by atoms with E-state index in [0.717, 1.165) is 17.4 Å². The van der Waals surface area contributed by atoms with Gasteiger partial charge >= 0.3 is 0 Å². The van der Waals surface area contributed by atoms with Crippen molar-refractivity contribution >= 4 is 23.4 Å². The van der Waals surface area contributed by atoms with E-state index < -0.39 is 0 Å². The maximum Gasteiger partial charge on any atom is 0.0723 e. The first kappa shape index (κ1) is 11.3. The van der Waals surface area contributed by atoms with E-state index in [2.05, 4.69) is 22.0 Å². The quantitative estimate of drug-likeness (QED) is 0.583. The lowest BCUT2D eigenvalue weighted by Crippen LogP contribution is -2.05. The summed E-state index contributed by atoms with van der Waals surface area (Å²) in [7, 11) is 0. The molecule has 0 N–H and O–H groups in total. The molecule has 1 aliphatic carbocycles. The molecule has 1 aromatic rings. The molecule has 1 aromatic heterocycles. The van der Waals surface area contributed by atoms with Crippen LogP contribution >= 0.6 is 23.4 Å². The lowest BCUT2D eigenvalue weighted by molar-refractivity contribution is 0.464. The minimum Gasteiger partial charge on any atom is -0.269 e. The molecule has 0 radical (unpaired) electrons. The summed E-state index contributed by atoms with van der Waals surface area (Å²) in [5, 5.41) is 4.62. The summed E-state index contributed by atoms with van der Waals surface area (Å²) in [6, 6.07) is 2.80. The van der Waals surface area contributed by atoms with Gasteiger partial charge in [-0.15, -0.1) is 11.6 Å². The van der Waals surface area contributed by atoms with Crippen LogP contribution in [0.2, 0.25) is 0 Å². The Morgan fingerprint density at radius 1 is 1.47 bits per heavy atom. The molecule has 0 saturated heterocycles. The van der Waals surface area contributed by atoms with Crippen LogP contribution in [0.25, 0.3) is 0 Å². The Hall–Kier alpha value is -0.150. The molecule has 0 spiro atoms. The largest absolute Gasteiger partial charge is 0.269 e. The Labute approximate surface area is 100 Å². The second kappa shape index (κ2) is 5.80. The lowest BCUT2D eigenvalue weighted by Gasteiger charge is -2.08. The third kappa shape index (κ3) is 3.15. The van der Waals surface area contributed by atoms with Crippen molar-refractivity contribution in [3.63, 3.8) is 0 Å². The number of halogens is 1. The molecular formula is C11H17ClN2S. The summed E-state index contributed by atoms with van der Waals surface area (Å²) in [5.74, 6) is 2.73. The van der Waals surface area contributed by atoms with Crippen molar-refractivity contribution in [1.82, 2.24) is 9.78 Å². The van der Waals surface area contributed by atoms with E-state index in [1.165, 1.54) is 31.4 Å². The van der Waals surface area contributed by atoms with Gasteiger partial charge in [0, 0.05) is 23.6 Å². The Bertz CT molecular complexity index is 295. The van der Waals surface area contributed by atoms with Crippen molar-refractivity contribution in [1.29, 1.82) is 0 Å². The zero-order valence-electron chi connectivity index (χ0n) is 8.86. The molecule has 0 aliphatic heterocycles. The van der Waals surface area contributed by atoms with Gasteiger partial charge in [-0.05, 0) is 18.9 Å². The summed E-state index contributed by atoms with van der Waals surface area (Å²) in [4.78, 5) is 0. The number of aromatic nitrogens is 2. The molecule has 1 heterocycles. The van der Waals surface area contributed by atoms with E-state index in [1.54, 1.807) is 0 Å². The molecule has 1 saturated carbocycles. The molecule has 4 heteroatoms. The number of hydrogen-bond acceptors (Lipinski definition) is 2. The van der Waals surface area contributed by atoms with Gasteiger partial charge in [0.25, 0.3) is 0 Å². The van der Waals surface area contributed by atoms with E-state index in [0.29, 0.717) is 6.04 Å². The van der Waals surface area contributed by atoms with Crippen molar-refractivity contribution in [2.75, 3.05) is 11.6 Å². The van der Waals surface area contributed by atoms with Gasteiger partial charge in [0.05, 0.1) is 11.7 Å². The van der Waals surface area contributed by atoms with E-state index in [-0.39, 0.29) is 0 Å². The Kier molecular flexibility index (Phi) is 4.39. The van der Waals surface area contributed by atoms with Gasteiger partial charge in [0.2, 0.25) is 0 Å². The summed E-state index contributed by atoms with van der Waals surface area (Å²) < 4.78 is 2.16. The van der Waals surface area contributed by atoms with Gasteiger partial charge in [-0.3, -0.25) is 4.68 Å². The number of nitrogens with zero attached hydrogens (tertiary/aromatic N) is 2. The molecule has 0 unspecified atom stereocenters. The third-order valence-corrected chi connectivity index (χ3v) is 4.24.